The Balaban J connectivity index is 2.43. The van der Waals surface area contributed by atoms with Gasteiger partial charge in [0, 0.05) is 18.0 Å². The summed E-state index contributed by atoms with van der Waals surface area (Å²) in [5, 5.41) is 10.9. The van der Waals surface area contributed by atoms with Crippen LogP contribution in [0, 0.1) is 0 Å². The molecule has 5 heteroatoms. The number of hydrogen-bond acceptors (Lipinski definition) is 4. The summed E-state index contributed by atoms with van der Waals surface area (Å²) in [7, 11) is 0. The van der Waals surface area contributed by atoms with E-state index in [4.69, 9.17) is 9.47 Å². The molecular weight excluding hydrogens is 390 g/mol. The predicted molar refractivity (Wildman–Crippen MR) is 129 cm³/mol. The van der Waals surface area contributed by atoms with Gasteiger partial charge < -0.3 is 19.1 Å². The molecule has 2 aromatic rings. The number of rotatable bonds is 14. The summed E-state index contributed by atoms with van der Waals surface area (Å²) in [4.78, 5) is 13.4. The first kappa shape index (κ1) is 24.8. The van der Waals surface area contributed by atoms with Crippen LogP contribution in [0.2, 0.25) is 0 Å². The van der Waals surface area contributed by atoms with Crippen LogP contribution in [0.4, 0.5) is 0 Å². The minimum absolute atomic E-state index is 0.140. The molecule has 0 amide bonds. The summed E-state index contributed by atoms with van der Waals surface area (Å²) in [5.41, 5.74) is 1.63. The highest BCUT2D eigenvalue weighted by molar-refractivity contribution is 5.89. The van der Waals surface area contributed by atoms with Crippen molar-refractivity contribution in [1.29, 1.82) is 0 Å². The van der Waals surface area contributed by atoms with Gasteiger partial charge >= 0.3 is 0 Å². The Bertz CT molecular complexity index is 910. The topological polar surface area (TPSA) is 60.7 Å². The van der Waals surface area contributed by atoms with Gasteiger partial charge in [0.05, 0.1) is 12.1 Å². The lowest BCUT2D eigenvalue weighted by atomic mass is 10.1. The van der Waals surface area contributed by atoms with E-state index in [1.165, 1.54) is 25.7 Å². The molecule has 0 bridgehead atoms. The maximum absolute atomic E-state index is 13.4. The monoisotopic (exact) mass is 429 g/mol. The van der Waals surface area contributed by atoms with Crippen molar-refractivity contribution in [2.45, 2.75) is 85.6 Å². The Kier molecular flexibility index (Phi) is 10.5. The van der Waals surface area contributed by atoms with Gasteiger partial charge in [-0.15, -0.1) is 0 Å². The van der Waals surface area contributed by atoms with Gasteiger partial charge in [-0.2, -0.15) is 0 Å². The van der Waals surface area contributed by atoms with Crippen LogP contribution in [0.1, 0.15) is 79.1 Å². The van der Waals surface area contributed by atoms with Crippen molar-refractivity contribution in [1.82, 2.24) is 4.57 Å². The zero-order chi connectivity index (χ0) is 22.6. The van der Waals surface area contributed by atoms with Crippen molar-refractivity contribution in [3.8, 4) is 17.2 Å². The van der Waals surface area contributed by atoms with E-state index in [-0.39, 0.29) is 17.1 Å². The molecular formula is C26H39NO4. The summed E-state index contributed by atoms with van der Waals surface area (Å²) in [6.07, 6.45) is 10.7. The fraction of sp³-hybridized carbons (Fsp3) is 0.577. The highest BCUT2D eigenvalue weighted by Crippen LogP contribution is 2.35. The summed E-state index contributed by atoms with van der Waals surface area (Å²) >= 11 is 0. The second kappa shape index (κ2) is 13.1. The Morgan fingerprint density at radius 2 is 1.68 bits per heavy atom. The van der Waals surface area contributed by atoms with Gasteiger partial charge in [0.15, 0.2) is 5.75 Å². The Morgan fingerprint density at radius 1 is 0.968 bits per heavy atom. The first-order valence-corrected chi connectivity index (χ1v) is 11.8. The average molecular weight is 430 g/mol. The van der Waals surface area contributed by atoms with Crippen LogP contribution in [-0.4, -0.2) is 22.9 Å². The normalized spacial score (nSPS) is 11.0. The first-order valence-electron chi connectivity index (χ1n) is 11.8. The molecule has 0 saturated carbocycles. The molecule has 0 aliphatic carbocycles. The van der Waals surface area contributed by atoms with E-state index in [9.17, 15) is 9.90 Å². The molecule has 1 aromatic heterocycles. The van der Waals surface area contributed by atoms with Gasteiger partial charge in [0.25, 0.3) is 5.56 Å². The van der Waals surface area contributed by atoms with E-state index in [0.717, 1.165) is 36.6 Å². The van der Waals surface area contributed by atoms with Gasteiger partial charge in [-0.25, -0.2) is 0 Å². The number of pyridine rings is 1. The lowest BCUT2D eigenvalue weighted by Gasteiger charge is -2.18. The highest BCUT2D eigenvalue weighted by atomic mass is 16.5. The number of allylic oxidation sites excluding steroid dienone is 1. The van der Waals surface area contributed by atoms with E-state index in [1.807, 2.05) is 26.0 Å². The van der Waals surface area contributed by atoms with Gasteiger partial charge in [0.1, 0.15) is 12.4 Å². The number of unbranched alkanes of at least 4 members (excludes halogenated alkanes) is 6. The Labute approximate surface area is 186 Å². The molecule has 1 N–H and O–H groups in total. The second-order valence-corrected chi connectivity index (χ2v) is 8.38. The number of nitrogens with zero attached hydrogens (tertiary/aromatic N) is 1. The first-order chi connectivity index (χ1) is 15.0. The van der Waals surface area contributed by atoms with Crippen molar-refractivity contribution in [3.63, 3.8) is 0 Å². The standard InChI is InChI=1S/C26H39NO4/c1-5-7-9-10-11-12-16-27-23-19-21(28)13-14-22(23)24(30-17-8-6-2)25(26(27)29)31-18-15-20(3)4/h13-15,19,28H,5-12,16-18H2,1-4H3. The van der Waals surface area contributed by atoms with Crippen LogP contribution in [0.3, 0.4) is 0 Å². The number of aryl methyl sites for hydroxylation is 1. The van der Waals surface area contributed by atoms with Crippen molar-refractivity contribution >= 4 is 10.9 Å². The number of aromatic hydroxyl groups is 1. The molecule has 0 radical (unpaired) electrons. The minimum atomic E-state index is -0.194. The zero-order valence-electron chi connectivity index (χ0n) is 19.7. The van der Waals surface area contributed by atoms with Crippen molar-refractivity contribution in [2.75, 3.05) is 13.2 Å². The molecule has 1 heterocycles. The smallest absolute Gasteiger partial charge is 0.297 e. The lowest BCUT2D eigenvalue weighted by Crippen LogP contribution is -2.24. The number of hydrogen-bond donors (Lipinski definition) is 1. The van der Waals surface area contributed by atoms with E-state index < -0.39 is 0 Å². The Hall–Kier alpha value is -2.43. The number of aromatic nitrogens is 1. The maximum Gasteiger partial charge on any atom is 0.297 e. The summed E-state index contributed by atoms with van der Waals surface area (Å²) in [5.74, 6) is 0.883. The molecule has 2 rings (SSSR count). The molecule has 0 saturated heterocycles. The SMILES string of the molecule is CCCCCCCCn1c(=O)c(OCC=C(C)C)c(OCCCC)c2ccc(O)cc21. The number of phenols is 1. The van der Waals surface area contributed by atoms with E-state index >= 15 is 0 Å². The predicted octanol–water partition coefficient (Wildman–Crippen LogP) is 6.59. The second-order valence-electron chi connectivity index (χ2n) is 8.38. The zero-order valence-corrected chi connectivity index (χ0v) is 19.7. The molecule has 31 heavy (non-hydrogen) atoms. The third-order valence-corrected chi connectivity index (χ3v) is 5.36. The minimum Gasteiger partial charge on any atom is -0.508 e. The van der Waals surface area contributed by atoms with Gasteiger partial charge in [-0.3, -0.25) is 4.79 Å². The largest absolute Gasteiger partial charge is 0.508 e. The van der Waals surface area contributed by atoms with Crippen LogP contribution >= 0.6 is 0 Å². The van der Waals surface area contributed by atoms with Gasteiger partial charge in [-0.1, -0.05) is 57.9 Å². The lowest BCUT2D eigenvalue weighted by molar-refractivity contribution is 0.278. The summed E-state index contributed by atoms with van der Waals surface area (Å²) < 4.78 is 13.7. The van der Waals surface area contributed by atoms with E-state index in [2.05, 4.69) is 13.8 Å². The van der Waals surface area contributed by atoms with E-state index in [0.29, 0.717) is 31.0 Å². The molecule has 0 unspecified atom stereocenters. The average Bonchev–Trinajstić information content (AvgIpc) is 2.74. The summed E-state index contributed by atoms with van der Waals surface area (Å²) in [6.45, 7) is 9.75. The van der Waals surface area contributed by atoms with E-state index in [1.54, 1.807) is 16.7 Å². The van der Waals surface area contributed by atoms with Gasteiger partial charge in [0.2, 0.25) is 5.75 Å². The molecule has 172 valence electrons. The third kappa shape index (κ3) is 7.34. The molecule has 0 aliphatic heterocycles. The highest BCUT2D eigenvalue weighted by Gasteiger charge is 2.20. The number of ether oxygens (including phenoxy) is 2. The Morgan fingerprint density at radius 3 is 2.39 bits per heavy atom. The van der Waals surface area contributed by atoms with Gasteiger partial charge in [-0.05, 0) is 44.9 Å². The fourth-order valence-electron chi connectivity index (χ4n) is 3.54. The van der Waals surface area contributed by atoms with Crippen LogP contribution < -0.4 is 15.0 Å². The van der Waals surface area contributed by atoms with Crippen molar-refractivity contribution in [3.05, 3.63) is 40.2 Å². The van der Waals surface area contributed by atoms with Crippen molar-refractivity contribution < 1.29 is 14.6 Å². The number of phenolic OH excluding ortho intramolecular Hbond substituents is 1. The van der Waals surface area contributed by atoms with Crippen LogP contribution in [0.15, 0.2) is 34.6 Å². The van der Waals surface area contributed by atoms with Crippen LogP contribution in [0.25, 0.3) is 10.9 Å². The summed E-state index contributed by atoms with van der Waals surface area (Å²) in [6, 6.07) is 5.10. The van der Waals surface area contributed by atoms with Crippen molar-refractivity contribution in [2.24, 2.45) is 0 Å². The maximum atomic E-state index is 13.4. The van der Waals surface area contributed by atoms with Crippen LogP contribution in [-0.2, 0) is 6.54 Å². The fourth-order valence-corrected chi connectivity index (χ4v) is 3.54. The van der Waals surface area contributed by atoms with Crippen LogP contribution in [0.5, 0.6) is 17.2 Å². The molecule has 0 aliphatic rings. The molecule has 5 nitrogen and oxygen atoms in total. The number of fused-ring (bicyclic) bond motifs is 1. The molecule has 0 spiro atoms. The molecule has 0 fully saturated rings. The third-order valence-electron chi connectivity index (χ3n) is 5.36. The molecule has 1 aromatic carbocycles. The number of benzene rings is 1. The quantitative estimate of drug-likeness (QED) is 0.272. The molecule has 0 atom stereocenters.